The highest BCUT2D eigenvalue weighted by Gasteiger charge is 2.35. The van der Waals surface area contributed by atoms with Crippen molar-refractivity contribution in [3.63, 3.8) is 0 Å². The minimum Gasteiger partial charge on any atom is -0.355 e. The first kappa shape index (κ1) is 16.6. The SMILES string of the molecule is CN(c1ccncn1)C1CCN(c2nccn3cc(C(F)(F)F)nc23)C1. The van der Waals surface area contributed by atoms with Gasteiger partial charge >= 0.3 is 6.18 Å². The summed E-state index contributed by atoms with van der Waals surface area (Å²) in [5.41, 5.74) is -0.703. The first-order valence-corrected chi connectivity index (χ1v) is 8.08. The second-order valence-electron chi connectivity index (χ2n) is 6.17. The first-order chi connectivity index (χ1) is 12.4. The monoisotopic (exact) mass is 363 g/mol. The molecule has 1 atom stereocenters. The largest absolute Gasteiger partial charge is 0.434 e. The molecule has 0 radical (unpaired) electrons. The van der Waals surface area contributed by atoms with Crippen LogP contribution in [0.1, 0.15) is 12.1 Å². The lowest BCUT2D eigenvalue weighted by Crippen LogP contribution is -2.35. The van der Waals surface area contributed by atoms with E-state index in [0.717, 1.165) is 18.4 Å². The van der Waals surface area contributed by atoms with E-state index in [9.17, 15) is 13.2 Å². The first-order valence-electron chi connectivity index (χ1n) is 8.08. The lowest BCUT2D eigenvalue weighted by Gasteiger charge is -2.25. The number of nitrogens with zero attached hydrogens (tertiary/aromatic N) is 7. The molecule has 3 aromatic rings. The van der Waals surface area contributed by atoms with Crippen molar-refractivity contribution in [2.75, 3.05) is 29.9 Å². The predicted molar refractivity (Wildman–Crippen MR) is 89.0 cm³/mol. The van der Waals surface area contributed by atoms with Gasteiger partial charge in [-0.2, -0.15) is 13.2 Å². The van der Waals surface area contributed by atoms with E-state index in [1.54, 1.807) is 6.20 Å². The van der Waals surface area contributed by atoms with Crippen molar-refractivity contribution in [3.8, 4) is 0 Å². The van der Waals surface area contributed by atoms with Crippen LogP contribution >= 0.6 is 0 Å². The fraction of sp³-hybridized carbons (Fsp3) is 0.375. The number of rotatable bonds is 3. The Morgan fingerprint density at radius 2 is 2.08 bits per heavy atom. The van der Waals surface area contributed by atoms with E-state index >= 15 is 0 Å². The molecule has 10 heteroatoms. The molecule has 3 aromatic heterocycles. The second kappa shape index (κ2) is 6.11. The van der Waals surface area contributed by atoms with Crippen molar-refractivity contribution in [2.45, 2.75) is 18.6 Å². The van der Waals surface area contributed by atoms with Crippen LogP contribution in [-0.2, 0) is 6.18 Å². The van der Waals surface area contributed by atoms with E-state index in [1.807, 2.05) is 18.0 Å². The summed E-state index contributed by atoms with van der Waals surface area (Å²) < 4.78 is 40.3. The quantitative estimate of drug-likeness (QED) is 0.711. The number of hydrogen-bond acceptors (Lipinski definition) is 6. The van der Waals surface area contributed by atoms with Gasteiger partial charge < -0.3 is 14.2 Å². The molecule has 1 unspecified atom stereocenters. The Bertz CT molecular complexity index is 909. The van der Waals surface area contributed by atoms with Gasteiger partial charge in [0.05, 0.1) is 0 Å². The maximum atomic E-state index is 13.0. The number of likely N-dealkylation sites (N-methyl/N-ethyl adjacent to an activating group) is 1. The molecule has 1 aliphatic heterocycles. The number of hydrogen-bond donors (Lipinski definition) is 0. The van der Waals surface area contributed by atoms with Crippen LogP contribution in [0.3, 0.4) is 0 Å². The van der Waals surface area contributed by atoms with Gasteiger partial charge in [-0.25, -0.2) is 19.9 Å². The average molecular weight is 363 g/mol. The summed E-state index contributed by atoms with van der Waals surface area (Å²) in [7, 11) is 1.95. The lowest BCUT2D eigenvalue weighted by atomic mass is 10.2. The molecule has 1 aliphatic rings. The molecule has 26 heavy (non-hydrogen) atoms. The molecule has 0 N–H and O–H groups in total. The third kappa shape index (κ3) is 2.91. The van der Waals surface area contributed by atoms with E-state index in [4.69, 9.17) is 0 Å². The molecule has 0 amide bonds. The third-order valence-electron chi connectivity index (χ3n) is 4.59. The summed E-state index contributed by atoms with van der Waals surface area (Å²) in [6, 6.07) is 2.00. The van der Waals surface area contributed by atoms with E-state index in [0.29, 0.717) is 18.9 Å². The summed E-state index contributed by atoms with van der Waals surface area (Å²) in [5, 5.41) is 0. The van der Waals surface area contributed by atoms with Crippen LogP contribution < -0.4 is 9.80 Å². The Balaban J connectivity index is 1.60. The van der Waals surface area contributed by atoms with Gasteiger partial charge in [-0.3, -0.25) is 0 Å². The molecule has 1 saturated heterocycles. The third-order valence-corrected chi connectivity index (χ3v) is 4.59. The topological polar surface area (TPSA) is 62.5 Å². The maximum Gasteiger partial charge on any atom is 0.434 e. The van der Waals surface area contributed by atoms with Crippen LogP contribution in [0, 0.1) is 0 Å². The number of fused-ring (bicyclic) bond motifs is 1. The van der Waals surface area contributed by atoms with Crippen LogP contribution in [0.2, 0.25) is 0 Å². The average Bonchev–Trinajstić information content (AvgIpc) is 3.28. The molecular weight excluding hydrogens is 347 g/mol. The van der Waals surface area contributed by atoms with Crippen molar-refractivity contribution >= 4 is 17.3 Å². The van der Waals surface area contributed by atoms with Crippen molar-refractivity contribution < 1.29 is 13.2 Å². The van der Waals surface area contributed by atoms with Crippen LogP contribution in [0.25, 0.3) is 5.65 Å². The van der Waals surface area contributed by atoms with Crippen molar-refractivity contribution in [1.29, 1.82) is 0 Å². The van der Waals surface area contributed by atoms with E-state index in [-0.39, 0.29) is 11.7 Å². The fourth-order valence-corrected chi connectivity index (χ4v) is 3.20. The van der Waals surface area contributed by atoms with Gasteiger partial charge in [0, 0.05) is 51.0 Å². The normalized spacial score (nSPS) is 17.8. The van der Waals surface area contributed by atoms with Crippen molar-refractivity contribution in [2.24, 2.45) is 0 Å². The number of aromatic nitrogens is 5. The Morgan fingerprint density at radius 1 is 1.23 bits per heavy atom. The van der Waals surface area contributed by atoms with Gasteiger partial charge in [0.2, 0.25) is 0 Å². The Kier molecular flexibility index (Phi) is 3.89. The van der Waals surface area contributed by atoms with Crippen LogP contribution in [0.15, 0.2) is 37.2 Å². The molecule has 0 aliphatic carbocycles. The Hall–Kier alpha value is -2.91. The van der Waals surface area contributed by atoms with Crippen LogP contribution in [0.5, 0.6) is 0 Å². The fourth-order valence-electron chi connectivity index (χ4n) is 3.20. The molecular formula is C16H16F3N7. The van der Waals surface area contributed by atoms with Gasteiger partial charge in [-0.15, -0.1) is 0 Å². The predicted octanol–water partition coefficient (Wildman–Crippen LogP) is 2.25. The van der Waals surface area contributed by atoms with Crippen molar-refractivity contribution in [1.82, 2.24) is 24.3 Å². The molecule has 0 spiro atoms. The van der Waals surface area contributed by atoms with Gasteiger partial charge in [0.15, 0.2) is 17.2 Å². The van der Waals surface area contributed by atoms with Crippen molar-refractivity contribution in [3.05, 3.63) is 42.9 Å². The zero-order valence-corrected chi connectivity index (χ0v) is 13.9. The summed E-state index contributed by atoms with van der Waals surface area (Å²) in [5.74, 6) is 1.26. The molecule has 4 rings (SSSR count). The summed E-state index contributed by atoms with van der Waals surface area (Å²) in [6.45, 7) is 1.31. The minimum absolute atomic E-state index is 0.170. The Labute approximate surface area is 147 Å². The Morgan fingerprint density at radius 3 is 2.81 bits per heavy atom. The van der Waals surface area contributed by atoms with E-state index in [1.165, 1.54) is 23.1 Å². The van der Waals surface area contributed by atoms with E-state index in [2.05, 4.69) is 24.8 Å². The second-order valence-corrected chi connectivity index (χ2v) is 6.17. The maximum absolute atomic E-state index is 13.0. The highest BCUT2D eigenvalue weighted by molar-refractivity contribution is 5.65. The minimum atomic E-state index is -4.48. The summed E-state index contributed by atoms with van der Waals surface area (Å²) in [4.78, 5) is 20.2. The smallest absolute Gasteiger partial charge is 0.355 e. The van der Waals surface area contributed by atoms with Gasteiger partial charge in [0.25, 0.3) is 0 Å². The van der Waals surface area contributed by atoms with Crippen LogP contribution in [0.4, 0.5) is 24.8 Å². The standard InChI is InChI=1S/C16H16F3N7/c1-24(13-2-4-20-10-22-13)11-3-6-25(8-11)14-15-23-12(16(17,18)19)9-26(15)7-5-21-14/h2,4-5,7,9-11H,3,6,8H2,1H3. The molecule has 1 fully saturated rings. The number of halogens is 3. The highest BCUT2D eigenvalue weighted by Crippen LogP contribution is 2.31. The molecule has 136 valence electrons. The summed E-state index contributed by atoms with van der Waals surface area (Å²) in [6.07, 6.45) is 3.48. The van der Waals surface area contributed by atoms with Gasteiger partial charge in [-0.05, 0) is 12.5 Å². The highest BCUT2D eigenvalue weighted by atomic mass is 19.4. The molecule has 7 nitrogen and oxygen atoms in total. The number of anilines is 2. The number of alkyl halides is 3. The molecule has 0 aromatic carbocycles. The van der Waals surface area contributed by atoms with Gasteiger partial charge in [0.1, 0.15) is 12.1 Å². The molecule has 4 heterocycles. The van der Waals surface area contributed by atoms with Gasteiger partial charge in [-0.1, -0.05) is 0 Å². The zero-order chi connectivity index (χ0) is 18.3. The van der Waals surface area contributed by atoms with Crippen LogP contribution in [-0.4, -0.2) is 50.5 Å². The number of imidazole rings is 1. The van der Waals surface area contributed by atoms with E-state index < -0.39 is 11.9 Å². The lowest BCUT2D eigenvalue weighted by molar-refractivity contribution is -0.140. The molecule has 0 saturated carbocycles. The zero-order valence-electron chi connectivity index (χ0n) is 13.9. The summed E-state index contributed by atoms with van der Waals surface area (Å²) >= 11 is 0. The molecule has 0 bridgehead atoms.